The third-order valence-corrected chi connectivity index (χ3v) is 6.33. The summed E-state index contributed by atoms with van der Waals surface area (Å²) in [6, 6.07) is 5.15. The van der Waals surface area contributed by atoms with E-state index in [1.165, 1.54) is 23.1 Å². The molecule has 2 aromatic rings. The lowest BCUT2D eigenvalue weighted by Crippen LogP contribution is -2.34. The number of carbonyl (C=O) groups is 1. The lowest BCUT2D eigenvalue weighted by Gasteiger charge is -2.15. The highest BCUT2D eigenvalue weighted by molar-refractivity contribution is 8.15. The first-order chi connectivity index (χ1) is 11.8. The van der Waals surface area contributed by atoms with Gasteiger partial charge in [0.1, 0.15) is 15.7 Å². The highest BCUT2D eigenvalue weighted by Crippen LogP contribution is 2.31. The van der Waals surface area contributed by atoms with Gasteiger partial charge in [0.15, 0.2) is 6.04 Å². The van der Waals surface area contributed by atoms with Crippen molar-refractivity contribution in [1.82, 2.24) is 4.98 Å². The molecule has 1 N–H and O–H groups in total. The van der Waals surface area contributed by atoms with Crippen molar-refractivity contribution in [2.24, 2.45) is 4.99 Å². The van der Waals surface area contributed by atoms with E-state index in [1.54, 1.807) is 0 Å². The van der Waals surface area contributed by atoms with Gasteiger partial charge in [-0.25, -0.2) is 9.78 Å². The summed E-state index contributed by atoms with van der Waals surface area (Å²) in [6.07, 6.45) is 0. The van der Waals surface area contributed by atoms with Crippen LogP contribution in [0.15, 0.2) is 35.5 Å². The topological polar surface area (TPSA) is 81.0 Å². The first-order valence-electron chi connectivity index (χ1n) is 7.71. The number of aliphatic carboxylic acids is 1. The van der Waals surface area contributed by atoms with E-state index < -0.39 is 24.7 Å². The van der Waals surface area contributed by atoms with Gasteiger partial charge in [-0.2, -0.15) is 0 Å². The van der Waals surface area contributed by atoms with Gasteiger partial charge in [0.05, 0.1) is 16.0 Å². The van der Waals surface area contributed by atoms with Gasteiger partial charge in [-0.05, 0) is 31.4 Å². The van der Waals surface area contributed by atoms with Gasteiger partial charge in [0, 0.05) is 5.75 Å². The molecule has 6 nitrogen and oxygen atoms in total. The predicted octanol–water partition coefficient (Wildman–Crippen LogP) is 2.28. The van der Waals surface area contributed by atoms with Crippen LogP contribution in [-0.4, -0.2) is 45.6 Å². The summed E-state index contributed by atoms with van der Waals surface area (Å²) in [6.45, 7) is 7.75. The highest BCUT2D eigenvalue weighted by atomic mass is 32.2. The molecule has 0 unspecified atom stereocenters. The number of thioether (sulfide) groups is 1. The van der Waals surface area contributed by atoms with Crippen molar-refractivity contribution < 1.29 is 19.2 Å². The second kappa shape index (κ2) is 5.86. The maximum Gasteiger partial charge on any atom is 0.563 e. The zero-order valence-electron chi connectivity index (χ0n) is 13.7. The van der Waals surface area contributed by atoms with Crippen molar-refractivity contribution in [3.63, 3.8) is 0 Å². The third kappa shape index (κ3) is 2.96. The molecule has 0 saturated carbocycles. The number of aliphatic imine (C=N–C) groups is 1. The number of fused-ring (bicyclic) bond motifs is 1. The van der Waals surface area contributed by atoms with E-state index in [0.29, 0.717) is 16.6 Å². The number of benzene rings is 1. The number of thiazole rings is 1. The average molecular weight is 374 g/mol. The van der Waals surface area contributed by atoms with Crippen LogP contribution in [0.3, 0.4) is 0 Å². The molecule has 2 aliphatic rings. The Kier molecular flexibility index (Phi) is 3.90. The number of hydrogen-bond acceptors (Lipinski definition) is 7. The third-order valence-electron chi connectivity index (χ3n) is 4.13. The van der Waals surface area contributed by atoms with Crippen LogP contribution in [0.25, 0.3) is 10.2 Å². The van der Waals surface area contributed by atoms with Gasteiger partial charge < -0.3 is 14.4 Å². The molecule has 0 amide bonds. The molecule has 1 fully saturated rings. The Balaban J connectivity index is 1.64. The van der Waals surface area contributed by atoms with Crippen LogP contribution in [0, 0.1) is 0 Å². The first kappa shape index (κ1) is 16.6. The summed E-state index contributed by atoms with van der Waals surface area (Å²) in [7, 11) is -0.480. The Morgan fingerprint density at radius 2 is 2.28 bits per heavy atom. The van der Waals surface area contributed by atoms with Gasteiger partial charge in [0.25, 0.3) is 0 Å². The molecule has 1 saturated heterocycles. The smallest absolute Gasteiger partial charge is 0.534 e. The van der Waals surface area contributed by atoms with E-state index >= 15 is 0 Å². The predicted molar refractivity (Wildman–Crippen MR) is 101 cm³/mol. The molecule has 4 rings (SSSR count). The Morgan fingerprint density at radius 1 is 1.48 bits per heavy atom. The lowest BCUT2D eigenvalue weighted by atomic mass is 9.79. The van der Waals surface area contributed by atoms with E-state index in [4.69, 9.17) is 14.4 Å². The maximum absolute atomic E-state index is 11.0. The molecule has 3 heterocycles. The summed E-state index contributed by atoms with van der Waals surface area (Å²) in [5, 5.41) is 10.5. The van der Waals surface area contributed by atoms with Crippen LogP contribution in [0.1, 0.15) is 18.9 Å². The summed E-state index contributed by atoms with van der Waals surface area (Å²) in [4.78, 5) is 19.9. The minimum atomic E-state index is -0.899. The lowest BCUT2D eigenvalue weighted by molar-refractivity contribution is -0.137. The molecule has 1 aromatic heterocycles. The van der Waals surface area contributed by atoms with Crippen LogP contribution < -0.4 is 5.46 Å². The van der Waals surface area contributed by atoms with Crippen molar-refractivity contribution in [3.8, 4) is 0 Å². The van der Waals surface area contributed by atoms with Gasteiger partial charge in [-0.3, -0.25) is 4.99 Å². The van der Waals surface area contributed by atoms with Crippen molar-refractivity contribution in [3.05, 3.63) is 35.5 Å². The van der Waals surface area contributed by atoms with E-state index in [0.717, 1.165) is 20.7 Å². The fraction of sp³-hybridized carbons (Fsp3) is 0.312. The second-order valence-corrected chi connectivity index (χ2v) is 8.39. The van der Waals surface area contributed by atoms with Crippen molar-refractivity contribution in [1.29, 1.82) is 0 Å². The van der Waals surface area contributed by atoms with E-state index in [2.05, 4.69) is 16.6 Å². The van der Waals surface area contributed by atoms with Crippen LogP contribution in [0.2, 0.25) is 0 Å². The number of hydrogen-bond donors (Lipinski definition) is 1. The van der Waals surface area contributed by atoms with Crippen LogP contribution in [-0.2, 0) is 14.1 Å². The normalized spacial score (nSPS) is 22.3. The van der Waals surface area contributed by atoms with Crippen molar-refractivity contribution in [2.45, 2.75) is 25.5 Å². The Morgan fingerprint density at radius 3 is 2.92 bits per heavy atom. The minimum Gasteiger partial charge on any atom is -0.534 e. The minimum absolute atomic E-state index is 0.451. The first-order valence-corrected chi connectivity index (χ1v) is 9.52. The van der Waals surface area contributed by atoms with Crippen LogP contribution in [0.4, 0.5) is 0 Å². The summed E-state index contributed by atoms with van der Waals surface area (Å²) >= 11 is 2.93. The number of nitrogens with zero attached hydrogens (tertiary/aromatic N) is 2. The molecule has 25 heavy (non-hydrogen) atoms. The molecule has 128 valence electrons. The molecule has 2 aliphatic heterocycles. The highest BCUT2D eigenvalue weighted by Gasteiger charge is 2.42. The summed E-state index contributed by atoms with van der Waals surface area (Å²) < 4.78 is 12.6. The number of carboxylic acids is 1. The quantitative estimate of drug-likeness (QED) is 0.831. The Labute approximate surface area is 153 Å². The molecular weight excluding hydrogens is 359 g/mol. The van der Waals surface area contributed by atoms with Crippen molar-refractivity contribution in [2.75, 3.05) is 5.75 Å². The van der Waals surface area contributed by atoms with Gasteiger partial charge in [-0.1, -0.05) is 12.6 Å². The van der Waals surface area contributed by atoms with Gasteiger partial charge in [-0.15, -0.1) is 23.1 Å². The average Bonchev–Trinajstić information content (AvgIpc) is 3.24. The van der Waals surface area contributed by atoms with Crippen molar-refractivity contribution >= 4 is 56.9 Å². The molecule has 1 atom stereocenters. The summed E-state index contributed by atoms with van der Waals surface area (Å²) in [5.41, 5.74) is 1.24. The van der Waals surface area contributed by atoms with Gasteiger partial charge >= 0.3 is 13.1 Å². The number of rotatable bonds is 3. The molecule has 0 spiro atoms. The molecular formula is C16H15BN2O4S2. The van der Waals surface area contributed by atoms with Crippen LogP contribution in [0.5, 0.6) is 0 Å². The fourth-order valence-corrected chi connectivity index (χ4v) is 4.67. The van der Waals surface area contributed by atoms with E-state index in [1.807, 2.05) is 32.0 Å². The molecule has 0 aliphatic carbocycles. The number of aromatic nitrogens is 1. The monoisotopic (exact) mass is 374 g/mol. The second-order valence-electron chi connectivity index (χ2n) is 6.35. The van der Waals surface area contributed by atoms with E-state index in [9.17, 15) is 4.79 Å². The largest absolute Gasteiger partial charge is 0.563 e. The molecule has 0 bridgehead atoms. The SMILES string of the molecule is C=C1OB(c2ccc3nc(C4=N[C@@H](C(=O)O)CS4)sc3c2)OC1(C)C. The van der Waals surface area contributed by atoms with Crippen LogP contribution >= 0.6 is 23.1 Å². The maximum atomic E-state index is 11.0. The number of carboxylic acid groups (broad SMARTS) is 1. The standard InChI is InChI=1S/C16H15BN2O4S2/c1-8-16(2,3)23-17(22-8)9-4-5-10-12(6-9)25-14(18-10)13-19-11(7-24-13)15(20)21/h4-6,11H,1,7H2,2-3H3,(H,20,21)/t11-/m1/s1. The Bertz CT molecular complexity index is 924. The molecule has 1 aromatic carbocycles. The zero-order chi connectivity index (χ0) is 17.8. The van der Waals surface area contributed by atoms with E-state index in [-0.39, 0.29) is 0 Å². The zero-order valence-corrected chi connectivity index (χ0v) is 15.3. The molecule has 9 heteroatoms. The Hall–Kier alpha value is -1.84. The van der Waals surface area contributed by atoms with Gasteiger partial charge in [0.2, 0.25) is 0 Å². The summed E-state index contributed by atoms with van der Waals surface area (Å²) in [5.74, 6) is 0.163. The molecule has 0 radical (unpaired) electrons. The fourth-order valence-electron chi connectivity index (χ4n) is 2.56.